The van der Waals surface area contributed by atoms with Gasteiger partial charge in [0.25, 0.3) is 0 Å². The Morgan fingerprint density at radius 2 is 2.06 bits per heavy atom. The zero-order valence-electron chi connectivity index (χ0n) is 8.82. The zero-order chi connectivity index (χ0) is 12.4. The van der Waals surface area contributed by atoms with E-state index in [0.29, 0.717) is 21.7 Å². The molecule has 88 valence electrons. The number of methoxy groups -OCH3 is 1. The van der Waals surface area contributed by atoms with Gasteiger partial charge in [0.15, 0.2) is 0 Å². The first kappa shape index (κ1) is 12.1. The van der Waals surface area contributed by atoms with Gasteiger partial charge in [-0.1, -0.05) is 11.6 Å². The lowest BCUT2D eigenvalue weighted by Gasteiger charge is -2.07. The van der Waals surface area contributed by atoms with Gasteiger partial charge in [0, 0.05) is 6.07 Å². The molecule has 5 nitrogen and oxygen atoms in total. The van der Waals surface area contributed by atoms with Crippen molar-refractivity contribution in [3.63, 3.8) is 0 Å². The Balaban J connectivity index is 2.62. The SMILES string of the molecule is COc1ccc(Br)nc1-c1cc(Cl)nc(N)n1. The van der Waals surface area contributed by atoms with Crippen LogP contribution in [0.4, 0.5) is 5.95 Å². The van der Waals surface area contributed by atoms with Gasteiger partial charge in [-0.3, -0.25) is 0 Å². The monoisotopic (exact) mass is 314 g/mol. The molecule has 0 aliphatic rings. The van der Waals surface area contributed by atoms with E-state index in [1.165, 1.54) is 0 Å². The first-order valence-corrected chi connectivity index (χ1v) is 5.78. The zero-order valence-corrected chi connectivity index (χ0v) is 11.2. The standard InChI is InChI=1S/C10H8BrClN4O/c1-17-6-2-3-7(11)15-9(6)5-4-8(12)16-10(13)14-5/h2-4H,1H3,(H2,13,14,16). The summed E-state index contributed by atoms with van der Waals surface area (Å²) in [5.41, 5.74) is 6.61. The second-order valence-corrected chi connectivity index (χ2v) is 4.32. The molecule has 2 rings (SSSR count). The average molecular weight is 316 g/mol. The van der Waals surface area contributed by atoms with Gasteiger partial charge in [0.2, 0.25) is 5.95 Å². The fourth-order valence-corrected chi connectivity index (χ4v) is 1.83. The topological polar surface area (TPSA) is 73.9 Å². The van der Waals surface area contributed by atoms with E-state index in [0.717, 1.165) is 0 Å². The van der Waals surface area contributed by atoms with Crippen LogP contribution in [-0.2, 0) is 0 Å². The van der Waals surface area contributed by atoms with Crippen molar-refractivity contribution in [2.75, 3.05) is 12.8 Å². The molecule has 0 spiro atoms. The van der Waals surface area contributed by atoms with Crippen molar-refractivity contribution in [3.8, 4) is 17.1 Å². The smallest absolute Gasteiger partial charge is 0.222 e. The predicted molar refractivity (Wildman–Crippen MR) is 68.9 cm³/mol. The highest BCUT2D eigenvalue weighted by molar-refractivity contribution is 9.10. The number of halogens is 2. The van der Waals surface area contributed by atoms with Gasteiger partial charge >= 0.3 is 0 Å². The first-order valence-electron chi connectivity index (χ1n) is 4.61. The maximum atomic E-state index is 5.82. The van der Waals surface area contributed by atoms with Crippen molar-refractivity contribution in [2.45, 2.75) is 0 Å². The van der Waals surface area contributed by atoms with Crippen LogP contribution in [0.1, 0.15) is 0 Å². The molecule has 0 aromatic carbocycles. The van der Waals surface area contributed by atoms with Crippen LogP contribution in [0.25, 0.3) is 11.4 Å². The molecule has 0 saturated heterocycles. The summed E-state index contributed by atoms with van der Waals surface area (Å²) in [5, 5.41) is 0.260. The lowest BCUT2D eigenvalue weighted by molar-refractivity contribution is 0.414. The molecule has 2 heterocycles. The van der Waals surface area contributed by atoms with Crippen LogP contribution in [0.5, 0.6) is 5.75 Å². The lowest BCUT2D eigenvalue weighted by atomic mass is 10.2. The highest BCUT2D eigenvalue weighted by Gasteiger charge is 2.11. The summed E-state index contributed by atoms with van der Waals surface area (Å²) in [6.07, 6.45) is 0. The van der Waals surface area contributed by atoms with Gasteiger partial charge < -0.3 is 10.5 Å². The maximum Gasteiger partial charge on any atom is 0.222 e. The Bertz CT molecular complexity index is 544. The van der Waals surface area contributed by atoms with E-state index >= 15 is 0 Å². The summed E-state index contributed by atoms with van der Waals surface area (Å²) in [6, 6.07) is 5.13. The van der Waals surface area contributed by atoms with E-state index in [-0.39, 0.29) is 11.1 Å². The summed E-state index contributed by atoms with van der Waals surface area (Å²) in [4.78, 5) is 12.1. The minimum absolute atomic E-state index is 0.0938. The Kier molecular flexibility index (Phi) is 3.44. The van der Waals surface area contributed by atoms with Crippen LogP contribution >= 0.6 is 27.5 Å². The number of nitrogens with zero attached hydrogens (tertiary/aromatic N) is 3. The summed E-state index contributed by atoms with van der Waals surface area (Å²) in [7, 11) is 1.56. The van der Waals surface area contributed by atoms with E-state index < -0.39 is 0 Å². The van der Waals surface area contributed by atoms with Crippen LogP contribution in [0, 0.1) is 0 Å². The highest BCUT2D eigenvalue weighted by Crippen LogP contribution is 2.29. The number of hydrogen-bond donors (Lipinski definition) is 1. The molecule has 0 bridgehead atoms. The van der Waals surface area contributed by atoms with Crippen LogP contribution in [-0.4, -0.2) is 22.1 Å². The van der Waals surface area contributed by atoms with E-state index in [9.17, 15) is 0 Å². The second-order valence-electron chi connectivity index (χ2n) is 3.12. The Labute approximate surface area is 111 Å². The molecule has 2 aromatic rings. The molecule has 0 saturated carbocycles. The molecule has 0 aliphatic heterocycles. The van der Waals surface area contributed by atoms with E-state index in [1.807, 2.05) is 0 Å². The number of ether oxygens (including phenoxy) is 1. The maximum absolute atomic E-state index is 5.82. The number of hydrogen-bond acceptors (Lipinski definition) is 5. The van der Waals surface area contributed by atoms with Crippen LogP contribution in [0.3, 0.4) is 0 Å². The fourth-order valence-electron chi connectivity index (χ4n) is 1.33. The van der Waals surface area contributed by atoms with Gasteiger partial charge in [-0.15, -0.1) is 0 Å². The number of rotatable bonds is 2. The molecular weight excluding hydrogens is 307 g/mol. The van der Waals surface area contributed by atoms with Crippen LogP contribution < -0.4 is 10.5 Å². The van der Waals surface area contributed by atoms with Crippen molar-refractivity contribution in [1.82, 2.24) is 15.0 Å². The first-order chi connectivity index (χ1) is 8.10. The number of pyridine rings is 1. The minimum atomic E-state index is 0.0938. The largest absolute Gasteiger partial charge is 0.494 e. The molecule has 0 fully saturated rings. The fraction of sp³-hybridized carbons (Fsp3) is 0.100. The molecule has 0 amide bonds. The number of aromatic nitrogens is 3. The van der Waals surface area contributed by atoms with Gasteiger partial charge in [-0.25, -0.2) is 15.0 Å². The molecule has 0 aliphatic carbocycles. The third-order valence-corrected chi connectivity index (χ3v) is 2.63. The molecule has 2 N–H and O–H groups in total. The summed E-state index contributed by atoms with van der Waals surface area (Å²) >= 11 is 9.11. The third-order valence-electron chi connectivity index (χ3n) is 2.00. The van der Waals surface area contributed by atoms with Crippen molar-refractivity contribution in [2.24, 2.45) is 0 Å². The highest BCUT2D eigenvalue weighted by atomic mass is 79.9. The quantitative estimate of drug-likeness (QED) is 0.681. The molecule has 0 unspecified atom stereocenters. The predicted octanol–water partition coefficient (Wildman–Crippen LogP) is 2.55. The minimum Gasteiger partial charge on any atom is -0.494 e. The Morgan fingerprint density at radius 1 is 1.29 bits per heavy atom. The molecule has 0 atom stereocenters. The molecule has 17 heavy (non-hydrogen) atoms. The summed E-state index contributed by atoms with van der Waals surface area (Å²) in [5.74, 6) is 0.679. The van der Waals surface area contributed by atoms with Crippen molar-refractivity contribution < 1.29 is 4.74 Å². The number of nitrogen functional groups attached to an aromatic ring is 1. The van der Waals surface area contributed by atoms with Gasteiger partial charge in [0.1, 0.15) is 21.2 Å². The summed E-state index contributed by atoms with van der Waals surface area (Å²) < 4.78 is 5.87. The Morgan fingerprint density at radius 3 is 2.71 bits per heavy atom. The molecule has 7 heteroatoms. The van der Waals surface area contributed by atoms with Gasteiger partial charge in [0.05, 0.1) is 12.8 Å². The van der Waals surface area contributed by atoms with Crippen molar-refractivity contribution in [3.05, 3.63) is 28.0 Å². The van der Waals surface area contributed by atoms with E-state index in [2.05, 4.69) is 30.9 Å². The lowest BCUT2D eigenvalue weighted by Crippen LogP contribution is -1.99. The van der Waals surface area contributed by atoms with E-state index in [4.69, 9.17) is 22.1 Å². The molecule has 2 aromatic heterocycles. The molecule has 0 radical (unpaired) electrons. The van der Waals surface area contributed by atoms with E-state index in [1.54, 1.807) is 25.3 Å². The van der Waals surface area contributed by atoms with Crippen LogP contribution in [0.2, 0.25) is 5.15 Å². The van der Waals surface area contributed by atoms with Gasteiger partial charge in [-0.2, -0.15) is 0 Å². The van der Waals surface area contributed by atoms with Crippen molar-refractivity contribution in [1.29, 1.82) is 0 Å². The third kappa shape index (κ3) is 2.65. The molecular formula is C10H8BrClN4O. The van der Waals surface area contributed by atoms with Crippen LogP contribution in [0.15, 0.2) is 22.8 Å². The normalized spacial score (nSPS) is 10.3. The summed E-state index contributed by atoms with van der Waals surface area (Å²) in [6.45, 7) is 0. The number of anilines is 1. The van der Waals surface area contributed by atoms with Gasteiger partial charge in [-0.05, 0) is 28.1 Å². The average Bonchev–Trinajstić information content (AvgIpc) is 2.27. The van der Waals surface area contributed by atoms with Crippen molar-refractivity contribution >= 4 is 33.5 Å². The second kappa shape index (κ2) is 4.85. The number of nitrogens with two attached hydrogens (primary N) is 1. The Hall–Kier alpha value is -1.40.